The number of methoxy groups -OCH3 is 1. The van der Waals surface area contributed by atoms with E-state index in [-0.39, 0.29) is 34.7 Å². The maximum atomic E-state index is 14.2. The smallest absolute Gasteiger partial charge is 0.356 e. The molecule has 12 nitrogen and oxygen atoms in total. The maximum Gasteiger partial charge on any atom is 0.356 e. The third-order valence-corrected chi connectivity index (χ3v) is 5.33. The van der Waals surface area contributed by atoms with E-state index in [0.29, 0.717) is 16.6 Å². The van der Waals surface area contributed by atoms with Crippen LogP contribution in [0.4, 0.5) is 8.78 Å². The molecule has 0 aliphatic rings. The van der Waals surface area contributed by atoms with Crippen molar-refractivity contribution in [3.63, 3.8) is 0 Å². The van der Waals surface area contributed by atoms with Crippen molar-refractivity contribution in [2.24, 2.45) is 7.05 Å². The molecule has 0 aliphatic carbocycles. The van der Waals surface area contributed by atoms with Crippen LogP contribution >= 0.6 is 0 Å². The Bertz CT molecular complexity index is 1560. The first-order valence-electron chi connectivity index (χ1n) is 12.6. The van der Waals surface area contributed by atoms with Crippen molar-refractivity contribution in [1.82, 2.24) is 34.9 Å². The molecular weight excluding hydrogens is 540 g/mol. The van der Waals surface area contributed by atoms with Gasteiger partial charge in [0, 0.05) is 25.0 Å². The summed E-state index contributed by atoms with van der Waals surface area (Å²) in [5.74, 6) is -0.686. The number of nitrogens with zero attached hydrogens (tertiary/aromatic N) is 7. The molecule has 0 radical (unpaired) electrons. The third-order valence-electron chi connectivity index (χ3n) is 5.33. The number of esters is 1. The first kappa shape index (κ1) is 29.5. The van der Waals surface area contributed by atoms with Crippen molar-refractivity contribution in [3.8, 4) is 29.0 Å². The van der Waals surface area contributed by atoms with E-state index in [2.05, 4.69) is 35.0 Å². The van der Waals surface area contributed by atoms with E-state index in [1.165, 1.54) is 36.3 Å². The van der Waals surface area contributed by atoms with Crippen LogP contribution < -0.4 is 14.2 Å². The van der Waals surface area contributed by atoms with E-state index in [4.69, 9.17) is 14.2 Å². The second kappa shape index (κ2) is 11.2. The molecule has 14 heteroatoms. The number of aromatic nitrogens is 7. The van der Waals surface area contributed by atoms with Gasteiger partial charge in [0.25, 0.3) is 6.43 Å². The third kappa shape index (κ3) is 6.99. The quantitative estimate of drug-likeness (QED) is 0.271. The van der Waals surface area contributed by atoms with Crippen LogP contribution in [-0.4, -0.2) is 65.6 Å². The fourth-order valence-electron chi connectivity index (χ4n) is 3.68. The largest absolute Gasteiger partial charge is 0.471 e. The summed E-state index contributed by atoms with van der Waals surface area (Å²) in [7, 11) is 2.75. The maximum absolute atomic E-state index is 14.2. The predicted octanol–water partition coefficient (Wildman–Crippen LogP) is 4.74. The number of hydrogen-bond acceptors (Lipinski definition) is 11. The van der Waals surface area contributed by atoms with E-state index in [0.717, 1.165) is 0 Å². The molecule has 1 atom stereocenters. The van der Waals surface area contributed by atoms with Crippen molar-refractivity contribution in [1.29, 1.82) is 0 Å². The van der Waals surface area contributed by atoms with Crippen LogP contribution in [0.3, 0.4) is 0 Å². The minimum atomic E-state index is -2.97. The molecule has 0 aliphatic heterocycles. The van der Waals surface area contributed by atoms with Crippen molar-refractivity contribution < 1.29 is 32.5 Å². The lowest BCUT2D eigenvalue weighted by Gasteiger charge is -2.24. The van der Waals surface area contributed by atoms with Gasteiger partial charge in [-0.1, -0.05) is 0 Å². The van der Waals surface area contributed by atoms with E-state index in [9.17, 15) is 13.6 Å². The highest BCUT2D eigenvalue weighted by Gasteiger charge is 2.29. The van der Waals surface area contributed by atoms with Gasteiger partial charge in [-0.15, -0.1) is 15.3 Å². The van der Waals surface area contributed by atoms with E-state index in [1.807, 2.05) is 41.5 Å². The van der Waals surface area contributed by atoms with E-state index in [1.54, 1.807) is 13.1 Å². The predicted molar refractivity (Wildman–Crippen MR) is 143 cm³/mol. The van der Waals surface area contributed by atoms with Crippen molar-refractivity contribution >= 4 is 17.0 Å². The summed E-state index contributed by atoms with van der Waals surface area (Å²) in [6.45, 7) is 11.2. The summed E-state index contributed by atoms with van der Waals surface area (Å²) in [4.78, 5) is 24.5. The molecule has 0 N–H and O–H groups in total. The van der Waals surface area contributed by atoms with Crippen molar-refractivity contribution in [3.05, 3.63) is 41.9 Å². The fraction of sp³-hybridized carbons (Fsp3) is 0.444. The summed E-state index contributed by atoms with van der Waals surface area (Å²) in [5, 5.41) is 13.1. The molecule has 0 amide bonds. The number of fused-ring (bicyclic) bond motifs is 1. The number of carbonyl (C=O) groups is 1. The van der Waals surface area contributed by atoms with Gasteiger partial charge in [-0.25, -0.2) is 28.2 Å². The average molecular weight is 572 g/mol. The zero-order valence-electron chi connectivity index (χ0n) is 24.0. The molecule has 0 saturated carbocycles. The normalized spacial score (nSPS) is 12.9. The number of carbonyl (C=O) groups excluding carboxylic acids is 1. The van der Waals surface area contributed by atoms with Crippen LogP contribution in [0, 0.1) is 0 Å². The molecular formula is C27H31F2N7O5. The number of hydrogen-bond donors (Lipinski definition) is 0. The van der Waals surface area contributed by atoms with Crippen LogP contribution in [0.5, 0.6) is 17.8 Å². The van der Waals surface area contributed by atoms with Gasteiger partial charge < -0.3 is 18.9 Å². The summed E-state index contributed by atoms with van der Waals surface area (Å²) in [6, 6.07) is 4.21. The van der Waals surface area contributed by atoms with Gasteiger partial charge in [0.1, 0.15) is 22.6 Å². The molecule has 0 bridgehead atoms. The number of halogens is 2. The Morgan fingerprint density at radius 2 is 1.68 bits per heavy atom. The Balaban J connectivity index is 1.78. The van der Waals surface area contributed by atoms with Crippen molar-refractivity contribution in [2.45, 2.75) is 65.3 Å². The highest BCUT2D eigenvalue weighted by molar-refractivity contribution is 5.87. The Hall–Kier alpha value is -4.49. The number of aryl methyl sites for hydroxylation is 1. The zero-order valence-corrected chi connectivity index (χ0v) is 24.0. The fourth-order valence-corrected chi connectivity index (χ4v) is 3.68. The van der Waals surface area contributed by atoms with Crippen LogP contribution in [0.25, 0.3) is 22.3 Å². The molecule has 0 saturated heterocycles. The van der Waals surface area contributed by atoms with Gasteiger partial charge in [-0.3, -0.25) is 0 Å². The van der Waals surface area contributed by atoms with Crippen LogP contribution in [0.1, 0.15) is 63.7 Å². The highest BCUT2D eigenvalue weighted by atomic mass is 19.3. The van der Waals surface area contributed by atoms with Crippen LogP contribution in [-0.2, 0) is 11.8 Å². The summed E-state index contributed by atoms with van der Waals surface area (Å²) >= 11 is 0. The standard InChI is InChI=1S/C27H31F2N7O5/c1-26(2,3)40-22-16(13-31-25(32-22)41-27(4,5)6)17-12-15-21(34-33-17)36(7)35-23(15)39-19(20(28)29)14-9-10-30-18(11-14)24(37)38-8/h9-13,19-20H,1-8H3/t19-/m1/s1. The average Bonchev–Trinajstić information content (AvgIpc) is 3.19. The Kier molecular flexibility index (Phi) is 8.04. The van der Waals surface area contributed by atoms with Gasteiger partial charge in [0.15, 0.2) is 11.8 Å². The second-order valence-electron chi connectivity index (χ2n) is 11.0. The van der Waals surface area contributed by atoms with Gasteiger partial charge in [-0.05, 0) is 59.7 Å². The number of alkyl halides is 2. The molecule has 4 aromatic rings. The van der Waals surface area contributed by atoms with Gasteiger partial charge >= 0.3 is 12.0 Å². The molecule has 4 aromatic heterocycles. The first-order valence-corrected chi connectivity index (χ1v) is 12.6. The van der Waals surface area contributed by atoms with Crippen molar-refractivity contribution in [2.75, 3.05) is 7.11 Å². The van der Waals surface area contributed by atoms with E-state index >= 15 is 0 Å². The van der Waals surface area contributed by atoms with Crippen LogP contribution in [0.15, 0.2) is 30.6 Å². The molecule has 0 aromatic carbocycles. The van der Waals surface area contributed by atoms with Gasteiger partial charge in [0.2, 0.25) is 11.8 Å². The number of ether oxygens (including phenoxy) is 4. The minimum absolute atomic E-state index is 0.0140. The Labute approximate surface area is 235 Å². The van der Waals surface area contributed by atoms with Crippen LogP contribution in [0.2, 0.25) is 0 Å². The van der Waals surface area contributed by atoms with Gasteiger partial charge in [-0.2, -0.15) is 4.98 Å². The lowest BCUT2D eigenvalue weighted by atomic mass is 10.1. The molecule has 0 unspecified atom stereocenters. The summed E-state index contributed by atoms with van der Waals surface area (Å²) in [6.07, 6.45) is -2.02. The Morgan fingerprint density at radius 1 is 0.976 bits per heavy atom. The lowest BCUT2D eigenvalue weighted by Crippen LogP contribution is -2.26. The van der Waals surface area contributed by atoms with Gasteiger partial charge in [0.05, 0.1) is 18.1 Å². The SMILES string of the molecule is COC(=O)c1cc([C@@H](Oc2nn(C)c3nnc(-c4cnc(OC(C)(C)C)nc4OC(C)(C)C)cc23)C(F)F)ccn1. The minimum Gasteiger partial charge on any atom is -0.471 e. The molecule has 0 spiro atoms. The molecule has 218 valence electrons. The molecule has 4 heterocycles. The first-order chi connectivity index (χ1) is 19.1. The number of rotatable bonds is 8. The summed E-state index contributed by atoms with van der Waals surface area (Å²) < 4.78 is 52.1. The highest BCUT2D eigenvalue weighted by Crippen LogP contribution is 2.36. The molecule has 4 rings (SSSR count). The topological polar surface area (TPSA) is 136 Å². The Morgan fingerprint density at radius 3 is 2.32 bits per heavy atom. The molecule has 0 fully saturated rings. The second-order valence-corrected chi connectivity index (χ2v) is 11.0. The summed E-state index contributed by atoms with van der Waals surface area (Å²) in [5.41, 5.74) is -0.317. The zero-order chi connectivity index (χ0) is 30.1. The van der Waals surface area contributed by atoms with E-state index < -0.39 is 29.7 Å². The molecule has 41 heavy (non-hydrogen) atoms. The lowest BCUT2D eigenvalue weighted by molar-refractivity contribution is 0.00830. The number of pyridine rings is 1. The monoisotopic (exact) mass is 571 g/mol.